The SMILES string of the molecule is Nc1ncc(Cl)cc1C(=O)c1cccc(Cl)c1. The molecule has 3 nitrogen and oxygen atoms in total. The maximum atomic E-state index is 12.1. The van der Waals surface area contributed by atoms with Gasteiger partial charge in [0, 0.05) is 16.8 Å². The normalized spacial score (nSPS) is 10.2. The number of pyridine rings is 1. The summed E-state index contributed by atoms with van der Waals surface area (Å²) in [5, 5.41) is 0.856. The van der Waals surface area contributed by atoms with Gasteiger partial charge in [-0.3, -0.25) is 4.79 Å². The fourth-order valence-electron chi connectivity index (χ4n) is 1.42. The van der Waals surface area contributed by atoms with Crippen molar-refractivity contribution in [2.24, 2.45) is 0 Å². The van der Waals surface area contributed by atoms with Crippen molar-refractivity contribution < 1.29 is 4.79 Å². The summed E-state index contributed by atoms with van der Waals surface area (Å²) in [6, 6.07) is 8.12. The average molecular weight is 267 g/mol. The topological polar surface area (TPSA) is 56.0 Å². The fraction of sp³-hybridized carbons (Fsp3) is 0. The van der Waals surface area contributed by atoms with Crippen LogP contribution >= 0.6 is 23.2 Å². The van der Waals surface area contributed by atoms with Crippen LogP contribution in [0.15, 0.2) is 36.5 Å². The molecule has 1 heterocycles. The Morgan fingerprint density at radius 3 is 2.65 bits per heavy atom. The van der Waals surface area contributed by atoms with E-state index in [1.165, 1.54) is 12.3 Å². The van der Waals surface area contributed by atoms with Gasteiger partial charge in [0.15, 0.2) is 5.78 Å². The molecule has 2 aromatic rings. The zero-order valence-electron chi connectivity index (χ0n) is 8.65. The Hall–Kier alpha value is -1.58. The van der Waals surface area contributed by atoms with Gasteiger partial charge in [-0.05, 0) is 18.2 Å². The van der Waals surface area contributed by atoms with Gasteiger partial charge in [0.2, 0.25) is 0 Å². The number of benzene rings is 1. The van der Waals surface area contributed by atoms with E-state index in [9.17, 15) is 4.79 Å². The van der Waals surface area contributed by atoms with Crippen molar-refractivity contribution >= 4 is 34.8 Å². The molecule has 1 aromatic heterocycles. The molecule has 2 rings (SSSR count). The lowest BCUT2D eigenvalue weighted by Crippen LogP contribution is -2.06. The van der Waals surface area contributed by atoms with Crippen molar-refractivity contribution in [3.05, 3.63) is 57.7 Å². The van der Waals surface area contributed by atoms with E-state index in [-0.39, 0.29) is 17.2 Å². The molecule has 0 aliphatic rings. The number of hydrogen-bond acceptors (Lipinski definition) is 3. The molecule has 0 amide bonds. The highest BCUT2D eigenvalue weighted by molar-refractivity contribution is 6.32. The molecule has 0 aliphatic heterocycles. The van der Waals surface area contributed by atoms with Crippen LogP contribution in [0.5, 0.6) is 0 Å². The van der Waals surface area contributed by atoms with Crippen LogP contribution in [0.2, 0.25) is 10.0 Å². The molecule has 0 spiro atoms. The summed E-state index contributed by atoms with van der Waals surface area (Å²) in [7, 11) is 0. The number of halogens is 2. The van der Waals surface area contributed by atoms with Gasteiger partial charge in [-0.1, -0.05) is 35.3 Å². The number of aromatic nitrogens is 1. The summed E-state index contributed by atoms with van der Waals surface area (Å²) in [5.74, 6) is -0.0978. The van der Waals surface area contributed by atoms with E-state index in [0.29, 0.717) is 15.6 Å². The predicted molar refractivity (Wildman–Crippen MR) is 68.5 cm³/mol. The van der Waals surface area contributed by atoms with Crippen molar-refractivity contribution in [3.8, 4) is 0 Å². The number of hydrogen-bond donors (Lipinski definition) is 1. The van der Waals surface area contributed by atoms with E-state index in [4.69, 9.17) is 28.9 Å². The number of rotatable bonds is 2. The summed E-state index contributed by atoms with van der Waals surface area (Å²) >= 11 is 11.6. The molecule has 0 unspecified atom stereocenters. The average Bonchev–Trinajstić information content (AvgIpc) is 2.31. The summed E-state index contributed by atoms with van der Waals surface area (Å²) in [5.41, 5.74) is 6.37. The molecule has 0 fully saturated rings. The molecular weight excluding hydrogens is 259 g/mol. The minimum atomic E-state index is -0.250. The van der Waals surface area contributed by atoms with Gasteiger partial charge in [0.1, 0.15) is 5.82 Å². The molecule has 0 radical (unpaired) electrons. The lowest BCUT2D eigenvalue weighted by atomic mass is 10.0. The second kappa shape index (κ2) is 4.73. The lowest BCUT2D eigenvalue weighted by molar-refractivity contribution is 0.103. The van der Waals surface area contributed by atoms with Crippen LogP contribution in [0.1, 0.15) is 15.9 Å². The van der Waals surface area contributed by atoms with Gasteiger partial charge >= 0.3 is 0 Å². The Balaban J connectivity index is 2.47. The van der Waals surface area contributed by atoms with Gasteiger partial charge in [0.25, 0.3) is 0 Å². The number of nitrogen functional groups attached to an aromatic ring is 1. The maximum absolute atomic E-state index is 12.1. The number of carbonyl (C=O) groups excluding carboxylic acids is 1. The van der Waals surface area contributed by atoms with Crippen molar-refractivity contribution in [2.45, 2.75) is 0 Å². The van der Waals surface area contributed by atoms with E-state index < -0.39 is 0 Å². The Morgan fingerprint density at radius 1 is 1.18 bits per heavy atom. The van der Waals surface area contributed by atoms with E-state index >= 15 is 0 Å². The predicted octanol–water partition coefficient (Wildman–Crippen LogP) is 3.20. The maximum Gasteiger partial charge on any atom is 0.196 e. The van der Waals surface area contributed by atoms with Gasteiger partial charge in [-0.2, -0.15) is 0 Å². The largest absolute Gasteiger partial charge is 0.383 e. The lowest BCUT2D eigenvalue weighted by Gasteiger charge is -2.04. The van der Waals surface area contributed by atoms with Crippen LogP contribution in [0.3, 0.4) is 0 Å². The first kappa shape index (κ1) is 11.9. The minimum Gasteiger partial charge on any atom is -0.383 e. The highest BCUT2D eigenvalue weighted by atomic mass is 35.5. The van der Waals surface area contributed by atoms with Gasteiger partial charge < -0.3 is 5.73 Å². The molecule has 5 heteroatoms. The Kier molecular flexibility index (Phi) is 3.31. The van der Waals surface area contributed by atoms with E-state index in [1.807, 2.05) is 0 Å². The molecule has 0 bridgehead atoms. The zero-order chi connectivity index (χ0) is 12.4. The Labute approximate surface area is 108 Å². The fourth-order valence-corrected chi connectivity index (χ4v) is 1.77. The summed E-state index contributed by atoms with van der Waals surface area (Å²) < 4.78 is 0. The van der Waals surface area contributed by atoms with E-state index in [1.54, 1.807) is 24.3 Å². The third-order valence-corrected chi connectivity index (χ3v) is 2.66. The van der Waals surface area contributed by atoms with Gasteiger partial charge in [0.05, 0.1) is 10.6 Å². The van der Waals surface area contributed by atoms with Crippen LogP contribution in [0.4, 0.5) is 5.82 Å². The first-order valence-corrected chi connectivity index (χ1v) is 5.55. The number of anilines is 1. The summed E-state index contributed by atoms with van der Waals surface area (Å²) in [4.78, 5) is 16.0. The van der Waals surface area contributed by atoms with Crippen molar-refractivity contribution in [1.82, 2.24) is 4.98 Å². The third kappa shape index (κ3) is 2.57. The highest BCUT2D eigenvalue weighted by Crippen LogP contribution is 2.20. The number of nitrogens with zero attached hydrogens (tertiary/aromatic N) is 1. The van der Waals surface area contributed by atoms with Gasteiger partial charge in [-0.15, -0.1) is 0 Å². The summed E-state index contributed by atoms with van der Waals surface area (Å²) in [6.45, 7) is 0. The molecule has 86 valence electrons. The molecule has 0 saturated carbocycles. The number of carbonyl (C=O) groups is 1. The zero-order valence-corrected chi connectivity index (χ0v) is 10.2. The minimum absolute atomic E-state index is 0.152. The molecule has 0 aliphatic carbocycles. The van der Waals surface area contributed by atoms with Crippen molar-refractivity contribution in [1.29, 1.82) is 0 Å². The second-order valence-corrected chi connectivity index (χ2v) is 4.30. The van der Waals surface area contributed by atoms with Crippen LogP contribution < -0.4 is 5.73 Å². The van der Waals surface area contributed by atoms with Crippen LogP contribution in [0.25, 0.3) is 0 Å². The molecule has 2 N–H and O–H groups in total. The quantitative estimate of drug-likeness (QED) is 0.850. The molecule has 0 saturated heterocycles. The van der Waals surface area contributed by atoms with E-state index in [2.05, 4.69) is 4.98 Å². The molecular formula is C12H8Cl2N2O. The number of nitrogens with two attached hydrogens (primary N) is 1. The van der Waals surface area contributed by atoms with Crippen LogP contribution in [0, 0.1) is 0 Å². The van der Waals surface area contributed by atoms with Crippen molar-refractivity contribution in [2.75, 3.05) is 5.73 Å². The van der Waals surface area contributed by atoms with Crippen LogP contribution in [-0.4, -0.2) is 10.8 Å². The van der Waals surface area contributed by atoms with Gasteiger partial charge in [-0.25, -0.2) is 4.98 Å². The first-order valence-electron chi connectivity index (χ1n) is 4.79. The molecule has 17 heavy (non-hydrogen) atoms. The Bertz CT molecular complexity index is 584. The smallest absolute Gasteiger partial charge is 0.196 e. The monoisotopic (exact) mass is 266 g/mol. The van der Waals surface area contributed by atoms with E-state index in [0.717, 1.165) is 0 Å². The molecule has 0 atom stereocenters. The first-order chi connectivity index (χ1) is 8.08. The number of ketones is 1. The summed E-state index contributed by atoms with van der Waals surface area (Å²) in [6.07, 6.45) is 1.39. The Morgan fingerprint density at radius 2 is 1.94 bits per heavy atom. The third-order valence-electron chi connectivity index (χ3n) is 2.22. The molecule has 1 aromatic carbocycles. The highest BCUT2D eigenvalue weighted by Gasteiger charge is 2.14. The standard InChI is InChI=1S/C12H8Cl2N2O/c13-8-3-1-2-7(4-8)11(17)10-5-9(14)6-16-12(10)15/h1-6H,(H2,15,16). The second-order valence-electron chi connectivity index (χ2n) is 3.43. The van der Waals surface area contributed by atoms with Crippen LogP contribution in [-0.2, 0) is 0 Å². The van der Waals surface area contributed by atoms with Crippen molar-refractivity contribution in [3.63, 3.8) is 0 Å².